The standard InChI is InChI=1S/C16H21N3O3S/c1-2-13(21)18-16-17-11-8-10(9-12(20)14(11)23-16)15(22)19-6-4-3-5-7-19/h10H,2-9H2,1H3,(H,17,18,21)/t10-/m1/s1. The molecule has 0 radical (unpaired) electrons. The number of carbonyl (C=O) groups excluding carboxylic acids is 3. The Labute approximate surface area is 139 Å². The average molecular weight is 335 g/mol. The summed E-state index contributed by atoms with van der Waals surface area (Å²) in [6, 6.07) is 0. The Hall–Kier alpha value is -1.76. The molecule has 1 aliphatic carbocycles. The summed E-state index contributed by atoms with van der Waals surface area (Å²) in [6.07, 6.45) is 4.38. The van der Waals surface area contributed by atoms with Crippen LogP contribution in [0.1, 0.15) is 54.4 Å². The molecule has 1 aliphatic heterocycles. The molecule has 1 aromatic heterocycles. The fourth-order valence-electron chi connectivity index (χ4n) is 3.14. The number of aromatic nitrogens is 1. The first-order valence-electron chi connectivity index (χ1n) is 8.20. The molecule has 1 atom stereocenters. The van der Waals surface area contributed by atoms with Crippen molar-refractivity contribution in [3.05, 3.63) is 10.6 Å². The van der Waals surface area contributed by atoms with Crippen molar-refractivity contribution in [2.75, 3.05) is 18.4 Å². The summed E-state index contributed by atoms with van der Waals surface area (Å²) < 4.78 is 0. The van der Waals surface area contributed by atoms with Crippen molar-refractivity contribution in [1.82, 2.24) is 9.88 Å². The highest BCUT2D eigenvalue weighted by Crippen LogP contribution is 2.33. The van der Waals surface area contributed by atoms with Gasteiger partial charge in [0, 0.05) is 32.4 Å². The smallest absolute Gasteiger partial charge is 0.226 e. The molecule has 1 aromatic rings. The van der Waals surface area contributed by atoms with Gasteiger partial charge in [-0.05, 0) is 19.3 Å². The molecular weight excluding hydrogens is 314 g/mol. The maximum absolute atomic E-state index is 12.6. The summed E-state index contributed by atoms with van der Waals surface area (Å²) in [4.78, 5) is 43.3. The van der Waals surface area contributed by atoms with Gasteiger partial charge in [0.1, 0.15) is 0 Å². The molecule has 2 aliphatic rings. The molecule has 1 fully saturated rings. The molecule has 1 saturated heterocycles. The van der Waals surface area contributed by atoms with E-state index in [0.717, 1.165) is 25.9 Å². The SMILES string of the molecule is CCC(=O)Nc1nc2c(s1)C(=O)C[C@H](C(=O)N1CCCCC1)C2. The van der Waals surface area contributed by atoms with E-state index in [0.29, 0.717) is 28.5 Å². The van der Waals surface area contributed by atoms with Crippen molar-refractivity contribution >= 4 is 34.1 Å². The van der Waals surface area contributed by atoms with Crippen molar-refractivity contribution in [3.8, 4) is 0 Å². The Bertz CT molecular complexity index is 635. The minimum absolute atomic E-state index is 0.0314. The van der Waals surface area contributed by atoms with Crippen LogP contribution >= 0.6 is 11.3 Å². The van der Waals surface area contributed by atoms with Crippen LogP contribution in [-0.2, 0) is 16.0 Å². The lowest BCUT2D eigenvalue weighted by atomic mass is 9.88. The summed E-state index contributed by atoms with van der Waals surface area (Å²) in [5, 5.41) is 3.16. The number of amides is 2. The molecule has 7 heteroatoms. The molecule has 0 bridgehead atoms. The van der Waals surface area contributed by atoms with Crippen LogP contribution in [0.4, 0.5) is 5.13 Å². The van der Waals surface area contributed by atoms with Gasteiger partial charge in [0.05, 0.1) is 16.5 Å². The fourth-order valence-corrected chi connectivity index (χ4v) is 4.10. The van der Waals surface area contributed by atoms with E-state index in [4.69, 9.17) is 0 Å². The van der Waals surface area contributed by atoms with E-state index in [-0.39, 0.29) is 29.9 Å². The van der Waals surface area contributed by atoms with Crippen LogP contribution < -0.4 is 5.32 Å². The highest BCUT2D eigenvalue weighted by Gasteiger charge is 2.35. The predicted octanol–water partition coefficient (Wildman–Crippen LogP) is 2.25. The maximum Gasteiger partial charge on any atom is 0.226 e. The first-order valence-corrected chi connectivity index (χ1v) is 9.01. The number of nitrogens with one attached hydrogen (secondary N) is 1. The van der Waals surface area contributed by atoms with Gasteiger partial charge in [-0.25, -0.2) is 4.98 Å². The van der Waals surface area contributed by atoms with Crippen LogP contribution in [0.5, 0.6) is 0 Å². The monoisotopic (exact) mass is 335 g/mol. The van der Waals surface area contributed by atoms with Crippen molar-refractivity contribution in [2.45, 2.75) is 45.4 Å². The molecule has 0 saturated carbocycles. The minimum atomic E-state index is -0.301. The number of thiazole rings is 1. The van der Waals surface area contributed by atoms with Gasteiger partial charge in [-0.15, -0.1) is 0 Å². The van der Waals surface area contributed by atoms with Gasteiger partial charge in [-0.2, -0.15) is 0 Å². The number of ketones is 1. The second-order valence-corrected chi connectivity index (χ2v) is 7.11. The van der Waals surface area contributed by atoms with Crippen LogP contribution in [0.2, 0.25) is 0 Å². The van der Waals surface area contributed by atoms with Crippen molar-refractivity contribution < 1.29 is 14.4 Å². The lowest BCUT2D eigenvalue weighted by molar-refractivity contribution is -0.136. The van der Waals surface area contributed by atoms with Gasteiger partial charge in [0.2, 0.25) is 11.8 Å². The van der Waals surface area contributed by atoms with Crippen molar-refractivity contribution in [1.29, 1.82) is 0 Å². The highest BCUT2D eigenvalue weighted by atomic mass is 32.1. The van der Waals surface area contributed by atoms with Gasteiger partial charge < -0.3 is 10.2 Å². The zero-order chi connectivity index (χ0) is 16.4. The Morgan fingerprint density at radius 1 is 1.26 bits per heavy atom. The van der Waals surface area contributed by atoms with E-state index in [1.165, 1.54) is 17.8 Å². The number of rotatable bonds is 3. The van der Waals surface area contributed by atoms with Crippen LogP contribution in [-0.4, -0.2) is 40.6 Å². The molecule has 2 amide bonds. The third-order valence-corrected chi connectivity index (χ3v) is 5.46. The molecule has 2 heterocycles. The maximum atomic E-state index is 12.6. The number of fused-ring (bicyclic) bond motifs is 1. The quantitative estimate of drug-likeness (QED) is 0.919. The minimum Gasteiger partial charge on any atom is -0.342 e. The van der Waals surface area contributed by atoms with E-state index in [9.17, 15) is 14.4 Å². The largest absolute Gasteiger partial charge is 0.342 e. The average Bonchev–Trinajstić information content (AvgIpc) is 2.97. The molecule has 124 valence electrons. The van der Waals surface area contributed by atoms with E-state index < -0.39 is 0 Å². The number of Topliss-reactive ketones (excluding diaryl/α,β-unsaturated/α-hetero) is 1. The van der Waals surface area contributed by atoms with E-state index in [1.54, 1.807) is 6.92 Å². The Morgan fingerprint density at radius 2 is 2.00 bits per heavy atom. The molecule has 1 N–H and O–H groups in total. The molecule has 6 nitrogen and oxygen atoms in total. The Balaban J connectivity index is 1.73. The number of anilines is 1. The van der Waals surface area contributed by atoms with Gasteiger partial charge >= 0.3 is 0 Å². The molecular formula is C16H21N3O3S. The predicted molar refractivity (Wildman–Crippen MR) is 87.6 cm³/mol. The molecule has 23 heavy (non-hydrogen) atoms. The number of likely N-dealkylation sites (tertiary alicyclic amines) is 1. The third kappa shape index (κ3) is 3.44. The molecule has 0 aromatic carbocycles. The summed E-state index contributed by atoms with van der Waals surface area (Å²) in [7, 11) is 0. The summed E-state index contributed by atoms with van der Waals surface area (Å²) in [6.45, 7) is 3.36. The highest BCUT2D eigenvalue weighted by molar-refractivity contribution is 7.17. The first-order chi connectivity index (χ1) is 11.1. The first kappa shape index (κ1) is 16.1. The fraction of sp³-hybridized carbons (Fsp3) is 0.625. The van der Waals surface area contributed by atoms with E-state index in [2.05, 4.69) is 10.3 Å². The lowest BCUT2D eigenvalue weighted by Gasteiger charge is -2.31. The normalized spacial score (nSPS) is 21.0. The number of carbonyl (C=O) groups is 3. The van der Waals surface area contributed by atoms with E-state index in [1.807, 2.05) is 4.90 Å². The van der Waals surface area contributed by atoms with E-state index >= 15 is 0 Å². The van der Waals surface area contributed by atoms with Crippen molar-refractivity contribution in [2.24, 2.45) is 5.92 Å². The van der Waals surface area contributed by atoms with Gasteiger partial charge in [-0.1, -0.05) is 18.3 Å². The van der Waals surface area contributed by atoms with Gasteiger partial charge in [0.15, 0.2) is 10.9 Å². The van der Waals surface area contributed by atoms with Crippen LogP contribution in [0.25, 0.3) is 0 Å². The van der Waals surface area contributed by atoms with Crippen LogP contribution in [0.15, 0.2) is 0 Å². The lowest BCUT2D eigenvalue weighted by Crippen LogP contribution is -2.42. The summed E-state index contributed by atoms with van der Waals surface area (Å²) in [5.41, 5.74) is 0.660. The zero-order valence-corrected chi connectivity index (χ0v) is 14.1. The second kappa shape index (κ2) is 6.78. The Kier molecular flexibility index (Phi) is 4.75. The number of hydrogen-bond donors (Lipinski definition) is 1. The number of hydrogen-bond acceptors (Lipinski definition) is 5. The summed E-state index contributed by atoms with van der Waals surface area (Å²) in [5.74, 6) is -0.374. The van der Waals surface area contributed by atoms with Gasteiger partial charge in [-0.3, -0.25) is 14.4 Å². The molecule has 0 unspecified atom stereocenters. The van der Waals surface area contributed by atoms with Gasteiger partial charge in [0.25, 0.3) is 0 Å². The third-order valence-electron chi connectivity index (χ3n) is 4.41. The molecule has 3 rings (SSSR count). The topological polar surface area (TPSA) is 79.4 Å². The number of piperidine rings is 1. The summed E-state index contributed by atoms with van der Waals surface area (Å²) >= 11 is 1.22. The Morgan fingerprint density at radius 3 is 2.70 bits per heavy atom. The van der Waals surface area contributed by atoms with Crippen LogP contribution in [0, 0.1) is 5.92 Å². The zero-order valence-electron chi connectivity index (χ0n) is 13.3. The number of nitrogens with zero attached hydrogens (tertiary/aromatic N) is 2. The second-order valence-electron chi connectivity index (χ2n) is 6.11. The molecule has 0 spiro atoms. The van der Waals surface area contributed by atoms with Crippen molar-refractivity contribution in [3.63, 3.8) is 0 Å². The van der Waals surface area contributed by atoms with Crippen LogP contribution in [0.3, 0.4) is 0 Å².